The molecule has 1 aliphatic rings. The summed E-state index contributed by atoms with van der Waals surface area (Å²) in [5, 5.41) is 28.1. The van der Waals surface area contributed by atoms with E-state index < -0.39 is 6.10 Å². The van der Waals surface area contributed by atoms with Gasteiger partial charge in [-0.3, -0.25) is 4.90 Å². The molecule has 1 aliphatic carbocycles. The predicted octanol–water partition coefficient (Wildman–Crippen LogP) is 0.744. The van der Waals surface area contributed by atoms with Gasteiger partial charge in [-0.15, -0.1) is 0 Å². The summed E-state index contributed by atoms with van der Waals surface area (Å²) in [6.45, 7) is 6.69. The number of aliphatic hydroxyl groups excluding tert-OH is 3. The van der Waals surface area contributed by atoms with Crippen molar-refractivity contribution in [1.82, 2.24) is 4.90 Å². The molecule has 102 valence electrons. The monoisotopic (exact) mass is 245 g/mol. The Labute approximate surface area is 104 Å². The van der Waals surface area contributed by atoms with Crippen molar-refractivity contribution >= 4 is 0 Å². The van der Waals surface area contributed by atoms with Gasteiger partial charge in [-0.1, -0.05) is 0 Å². The fourth-order valence-corrected chi connectivity index (χ4v) is 2.63. The zero-order chi connectivity index (χ0) is 13.1. The van der Waals surface area contributed by atoms with Crippen molar-refractivity contribution in [2.45, 2.75) is 70.2 Å². The van der Waals surface area contributed by atoms with Crippen molar-refractivity contribution in [3.8, 4) is 0 Å². The maximum Gasteiger partial charge on any atom is 0.0897 e. The molecule has 17 heavy (non-hydrogen) atoms. The number of nitrogens with zero attached hydrogens (tertiary/aromatic N) is 1. The summed E-state index contributed by atoms with van der Waals surface area (Å²) >= 11 is 0. The van der Waals surface area contributed by atoms with Crippen LogP contribution in [0.4, 0.5) is 0 Å². The number of rotatable bonds is 4. The average molecular weight is 245 g/mol. The highest BCUT2D eigenvalue weighted by Gasteiger charge is 2.32. The second-order valence-corrected chi connectivity index (χ2v) is 6.12. The van der Waals surface area contributed by atoms with Gasteiger partial charge >= 0.3 is 0 Å². The Kier molecular flexibility index (Phi) is 5.38. The summed E-state index contributed by atoms with van der Waals surface area (Å²) in [4.78, 5) is 2.26. The molecule has 0 spiro atoms. The molecule has 0 radical (unpaired) electrons. The van der Waals surface area contributed by atoms with E-state index in [9.17, 15) is 10.2 Å². The molecule has 4 nitrogen and oxygen atoms in total. The van der Waals surface area contributed by atoms with E-state index >= 15 is 0 Å². The molecule has 3 N–H and O–H groups in total. The SMILES string of the molecule is CC(C)(C)N(CC(O)CO)C1CCC(O)CC1. The Morgan fingerprint density at radius 3 is 2.12 bits per heavy atom. The van der Waals surface area contributed by atoms with E-state index in [-0.39, 0.29) is 18.2 Å². The van der Waals surface area contributed by atoms with E-state index in [1.165, 1.54) is 0 Å². The van der Waals surface area contributed by atoms with E-state index in [4.69, 9.17) is 5.11 Å². The second-order valence-electron chi connectivity index (χ2n) is 6.12. The van der Waals surface area contributed by atoms with Crippen LogP contribution in [0.2, 0.25) is 0 Å². The molecular formula is C13H27NO3. The van der Waals surface area contributed by atoms with Gasteiger partial charge in [0.25, 0.3) is 0 Å². The highest BCUT2D eigenvalue weighted by atomic mass is 16.3. The zero-order valence-corrected chi connectivity index (χ0v) is 11.3. The van der Waals surface area contributed by atoms with Crippen LogP contribution < -0.4 is 0 Å². The molecule has 0 saturated heterocycles. The summed E-state index contributed by atoms with van der Waals surface area (Å²) in [5.74, 6) is 0. The van der Waals surface area contributed by atoms with E-state index in [0.717, 1.165) is 25.7 Å². The molecule has 0 aromatic heterocycles. The van der Waals surface area contributed by atoms with Gasteiger partial charge in [0.1, 0.15) is 0 Å². The first-order valence-corrected chi connectivity index (χ1v) is 6.58. The number of aliphatic hydroxyl groups is 3. The lowest BCUT2D eigenvalue weighted by Gasteiger charge is -2.44. The largest absolute Gasteiger partial charge is 0.394 e. The van der Waals surface area contributed by atoms with Gasteiger partial charge in [0.15, 0.2) is 0 Å². The van der Waals surface area contributed by atoms with Crippen molar-refractivity contribution in [2.75, 3.05) is 13.2 Å². The molecule has 1 saturated carbocycles. The first-order valence-electron chi connectivity index (χ1n) is 6.58. The molecule has 1 unspecified atom stereocenters. The second kappa shape index (κ2) is 6.14. The summed E-state index contributed by atoms with van der Waals surface area (Å²) in [6.07, 6.45) is 2.78. The summed E-state index contributed by atoms with van der Waals surface area (Å²) in [7, 11) is 0. The van der Waals surface area contributed by atoms with Gasteiger partial charge in [0.2, 0.25) is 0 Å². The zero-order valence-electron chi connectivity index (χ0n) is 11.3. The van der Waals surface area contributed by atoms with E-state index in [1.54, 1.807) is 0 Å². The lowest BCUT2D eigenvalue weighted by atomic mass is 9.89. The molecular weight excluding hydrogens is 218 g/mol. The van der Waals surface area contributed by atoms with Crippen LogP contribution in [0.1, 0.15) is 46.5 Å². The van der Waals surface area contributed by atoms with Crippen molar-refractivity contribution in [2.24, 2.45) is 0 Å². The van der Waals surface area contributed by atoms with Crippen LogP contribution in [0, 0.1) is 0 Å². The van der Waals surface area contributed by atoms with Crippen molar-refractivity contribution in [1.29, 1.82) is 0 Å². The van der Waals surface area contributed by atoms with Crippen LogP contribution in [-0.2, 0) is 0 Å². The molecule has 4 heteroatoms. The highest BCUT2D eigenvalue weighted by molar-refractivity contribution is 4.87. The number of β-amino-alcohol motifs (C(OH)–C–C–N with tert-alkyl or cyclic N) is 1. The molecule has 0 bridgehead atoms. The maximum atomic E-state index is 9.63. The fourth-order valence-electron chi connectivity index (χ4n) is 2.63. The topological polar surface area (TPSA) is 63.9 Å². The molecule has 0 amide bonds. The summed E-state index contributed by atoms with van der Waals surface area (Å²) in [5.41, 5.74) is -0.0247. The van der Waals surface area contributed by atoms with Gasteiger partial charge in [0, 0.05) is 18.1 Å². The van der Waals surface area contributed by atoms with E-state index in [0.29, 0.717) is 12.6 Å². The number of hydrogen-bond acceptors (Lipinski definition) is 4. The third-order valence-electron chi connectivity index (χ3n) is 3.59. The smallest absolute Gasteiger partial charge is 0.0897 e. The summed E-state index contributed by atoms with van der Waals surface area (Å²) < 4.78 is 0. The normalized spacial score (nSPS) is 28.4. The lowest BCUT2D eigenvalue weighted by molar-refractivity contribution is -0.0183. The Hall–Kier alpha value is -0.160. The maximum absolute atomic E-state index is 9.63. The van der Waals surface area contributed by atoms with Crippen LogP contribution in [-0.4, -0.2) is 57.2 Å². The van der Waals surface area contributed by atoms with Crippen molar-refractivity contribution < 1.29 is 15.3 Å². The van der Waals surface area contributed by atoms with Crippen LogP contribution >= 0.6 is 0 Å². The third-order valence-corrected chi connectivity index (χ3v) is 3.59. The Morgan fingerprint density at radius 1 is 1.18 bits per heavy atom. The standard InChI is InChI=1S/C13H27NO3/c1-13(2,3)14(8-12(17)9-15)10-4-6-11(16)7-5-10/h10-12,15-17H,4-9H2,1-3H3. The Balaban J connectivity index is 2.63. The summed E-state index contributed by atoms with van der Waals surface area (Å²) in [6, 6.07) is 0.402. The molecule has 0 heterocycles. The molecule has 0 aliphatic heterocycles. The molecule has 1 fully saturated rings. The molecule has 1 atom stereocenters. The Bertz CT molecular complexity index is 219. The van der Waals surface area contributed by atoms with Crippen molar-refractivity contribution in [3.63, 3.8) is 0 Å². The van der Waals surface area contributed by atoms with Crippen LogP contribution in [0.5, 0.6) is 0 Å². The van der Waals surface area contributed by atoms with Gasteiger partial charge in [-0.25, -0.2) is 0 Å². The average Bonchev–Trinajstić information content (AvgIpc) is 2.25. The highest BCUT2D eigenvalue weighted by Crippen LogP contribution is 2.28. The van der Waals surface area contributed by atoms with Gasteiger partial charge in [0.05, 0.1) is 18.8 Å². The molecule has 1 rings (SSSR count). The predicted molar refractivity (Wildman–Crippen MR) is 67.8 cm³/mol. The number of hydrogen-bond donors (Lipinski definition) is 3. The minimum atomic E-state index is -0.680. The van der Waals surface area contributed by atoms with Crippen LogP contribution in [0.25, 0.3) is 0 Å². The lowest BCUT2D eigenvalue weighted by Crippen LogP contribution is -2.53. The van der Waals surface area contributed by atoms with Gasteiger partial charge in [-0.2, -0.15) is 0 Å². The minimum Gasteiger partial charge on any atom is -0.394 e. The molecule has 0 aromatic rings. The quantitative estimate of drug-likeness (QED) is 0.684. The van der Waals surface area contributed by atoms with E-state index in [2.05, 4.69) is 25.7 Å². The van der Waals surface area contributed by atoms with E-state index in [1.807, 2.05) is 0 Å². The third kappa shape index (κ3) is 4.54. The van der Waals surface area contributed by atoms with Gasteiger partial charge in [-0.05, 0) is 46.5 Å². The molecule has 0 aromatic carbocycles. The minimum absolute atomic E-state index is 0.0247. The van der Waals surface area contributed by atoms with Crippen LogP contribution in [0.3, 0.4) is 0 Å². The first-order chi connectivity index (χ1) is 7.84. The first kappa shape index (κ1) is 14.9. The van der Waals surface area contributed by atoms with Crippen LogP contribution in [0.15, 0.2) is 0 Å². The Morgan fingerprint density at radius 2 is 1.71 bits per heavy atom. The fraction of sp³-hybridized carbons (Fsp3) is 1.00. The van der Waals surface area contributed by atoms with Gasteiger partial charge < -0.3 is 15.3 Å². The van der Waals surface area contributed by atoms with Crippen molar-refractivity contribution in [3.05, 3.63) is 0 Å².